The molecular weight excluding hydrogens is 1700 g/mol. The first-order valence-corrected chi connectivity index (χ1v) is 44.0. The van der Waals surface area contributed by atoms with Crippen LogP contribution in [-0.2, 0) is 90.0 Å². The molecule has 740 valence electrons. The predicted molar refractivity (Wildman–Crippen MR) is 432 cm³/mol. The molecule has 10 saturated heterocycles. The number of aliphatic hydroxyl groups is 15. The van der Waals surface area contributed by atoms with E-state index in [1.807, 2.05) is 14.0 Å². The topological polar surface area (TPSA) is 933 Å². The fourth-order valence-electron chi connectivity index (χ4n) is 18.7. The molecule has 0 aromatic carbocycles. The molecule has 0 amide bonds. The minimum atomic E-state index is -1.54. The monoisotopic (exact) mass is 1840 g/mol. The van der Waals surface area contributed by atoms with Gasteiger partial charge in [0.25, 0.3) is 0 Å². The van der Waals surface area contributed by atoms with Crippen LogP contribution in [-0.4, -0.2) is 466 Å². The lowest BCUT2D eigenvalue weighted by atomic mass is 9.84. The van der Waals surface area contributed by atoms with Gasteiger partial charge in [0.05, 0.1) is 111 Å². The summed E-state index contributed by atoms with van der Waals surface area (Å²) in [5.41, 5.74) is 103. The molecule has 0 aromatic rings. The van der Waals surface area contributed by atoms with Crippen molar-refractivity contribution in [2.75, 3.05) is 59.7 Å². The summed E-state index contributed by atoms with van der Waals surface area (Å²) in [5.74, 6) is 0. The maximum atomic E-state index is 11.2. The summed E-state index contributed by atoms with van der Waals surface area (Å²) in [5, 5.41) is 161. The van der Waals surface area contributed by atoms with E-state index in [0.717, 1.165) is 19.3 Å². The zero-order valence-corrected chi connectivity index (χ0v) is 71.2. The van der Waals surface area contributed by atoms with Crippen molar-refractivity contribution in [1.29, 1.82) is 0 Å². The number of rotatable bonds is 28. The number of nitrogens with one attached hydrogen (secondary N) is 1. The average molecular weight is 1840 g/mol. The van der Waals surface area contributed by atoms with Crippen molar-refractivity contribution in [2.45, 2.75) is 407 Å². The van der Waals surface area contributed by atoms with Crippen LogP contribution in [0.25, 0.3) is 0 Å². The summed E-state index contributed by atoms with van der Waals surface area (Å²) in [6, 6.07) is -9.42. The Bertz CT molecular complexity index is 3340. The third-order valence-corrected chi connectivity index (χ3v) is 27.3. The molecule has 52 unspecified atom stereocenters. The molecular formula is C75H146N18O34. The first-order chi connectivity index (χ1) is 60.2. The van der Waals surface area contributed by atoms with Crippen LogP contribution in [0.4, 0.5) is 0 Å². The molecule has 14 aliphatic rings. The SMILES string of the molecule is CNC(C)C1CCC(N)C(OC2C(N)CC(N)C(O)C2OC2OC(CO)C(OC3OC(CN)C(O)C(O)C3N)C2O)O1.NCC1OC(OC2C(CO)OC(OC3C(O)C(N)CC(N)C3OC3OC(C4(N)CC4)CCC3N)C2O)C(N)C(O)C1O.NCC1OC(OC2C(CO)OC(OC3C(O)C(N)CC(N)C3OC3OC(C4(N)COC4)CCC3N)C2O)C(N)C(O)C1O. The van der Waals surface area contributed by atoms with Gasteiger partial charge in [-0.2, -0.15) is 0 Å². The lowest BCUT2D eigenvalue weighted by molar-refractivity contribution is -0.299. The normalized spacial score (nSPS) is 52.0. The Kier molecular flexibility index (Phi) is 36.5. The Morgan fingerprint density at radius 2 is 0.575 bits per heavy atom. The molecule has 14 rings (SSSR count). The number of likely N-dealkylation sites (N-methyl/N-ethyl adjacent to an activating group) is 1. The van der Waals surface area contributed by atoms with Crippen LogP contribution in [0, 0.1) is 0 Å². The Balaban J connectivity index is 0.000000173. The van der Waals surface area contributed by atoms with Crippen molar-refractivity contribution in [3.8, 4) is 0 Å². The molecule has 0 bridgehead atoms. The van der Waals surface area contributed by atoms with Gasteiger partial charge in [0.15, 0.2) is 56.6 Å². The summed E-state index contributed by atoms with van der Waals surface area (Å²) in [4.78, 5) is 0. The lowest BCUT2D eigenvalue weighted by Gasteiger charge is -2.49. The van der Waals surface area contributed by atoms with Crippen molar-refractivity contribution in [3.63, 3.8) is 0 Å². The van der Waals surface area contributed by atoms with Crippen LogP contribution in [0.2, 0.25) is 0 Å². The Hall–Kier alpha value is -2.08. The first kappa shape index (κ1) is 104. The molecule has 4 aliphatic carbocycles. The Morgan fingerprint density at radius 1 is 0.299 bits per heavy atom. The van der Waals surface area contributed by atoms with E-state index in [-0.39, 0.29) is 63.3 Å². The molecule has 10 heterocycles. The molecule has 52 nitrogen and oxygen atoms in total. The van der Waals surface area contributed by atoms with Gasteiger partial charge in [-0.25, -0.2) is 0 Å². The maximum Gasteiger partial charge on any atom is 0.187 e. The Labute approximate surface area is 733 Å². The molecule has 0 aromatic heterocycles. The molecule has 4 saturated carbocycles. The molecule has 52 atom stereocenters. The molecule has 0 spiro atoms. The summed E-state index contributed by atoms with van der Waals surface area (Å²) < 4.78 is 112. The highest BCUT2D eigenvalue weighted by Crippen LogP contribution is 2.45. The van der Waals surface area contributed by atoms with Crippen molar-refractivity contribution in [1.82, 2.24) is 5.32 Å². The van der Waals surface area contributed by atoms with Gasteiger partial charge in [-0.15, -0.1) is 0 Å². The van der Waals surface area contributed by atoms with E-state index in [2.05, 4.69) is 5.32 Å². The zero-order valence-electron chi connectivity index (χ0n) is 71.2. The predicted octanol–water partition coefficient (Wildman–Crippen LogP) is -19.6. The van der Waals surface area contributed by atoms with Gasteiger partial charge in [0.1, 0.15) is 146 Å². The standard InChI is InChI=1S/C25H48N6O12.C25H48N6O11.C25H50N6O11/c26-4-11-16(34)17(35)14(30)23(38-11)42-20-12(5-32)39-24(18(20)36)43-21-15(33)9(28)3-10(29)19(21)41-22-8(27)1-2-13(40-22)25(31)6-37-7-25;26-6-11-16(34)17(35)14(30)23(37-11)41-20-12(7-32)38-24(18(20)36)42-21-15(33)9(28)5-10(29)19(21)40-22-8(27)1-2-13(39-22)25(31)3-4-25;1-8(31-2)12-4-3-9(27)23(37-12)40-20-11(29)5-10(28)16(33)22(20)42-25-19(36)21(14(7-32)39-25)41-24-15(30)18(35)17(34)13(6-26)38-24/h8-24,32-36H,1-7,26-31H2;8-24,32-36H,1-7,26-31H2;8-25,31-36H,3-7,26-30H2,1-2H3. The number of nitrogens with two attached hydrogens (primary N) is 17. The quantitative estimate of drug-likeness (QED) is 0.0346. The maximum absolute atomic E-state index is 11.2. The second-order valence-corrected chi connectivity index (χ2v) is 36.5. The summed E-state index contributed by atoms with van der Waals surface area (Å²) in [7, 11) is 1.83. The second-order valence-electron chi connectivity index (χ2n) is 36.5. The fourth-order valence-corrected chi connectivity index (χ4v) is 18.7. The smallest absolute Gasteiger partial charge is 0.187 e. The van der Waals surface area contributed by atoms with E-state index in [0.29, 0.717) is 45.3 Å². The highest BCUT2D eigenvalue weighted by Gasteiger charge is 2.61. The van der Waals surface area contributed by atoms with Gasteiger partial charge in [0.2, 0.25) is 0 Å². The van der Waals surface area contributed by atoms with Crippen LogP contribution < -0.4 is 103 Å². The number of ether oxygens (including phenoxy) is 19. The number of aliphatic hydroxyl groups excluding tert-OH is 15. The molecule has 127 heavy (non-hydrogen) atoms. The lowest BCUT2D eigenvalue weighted by Crippen LogP contribution is -2.69. The summed E-state index contributed by atoms with van der Waals surface area (Å²) >= 11 is 0. The van der Waals surface area contributed by atoms with Crippen LogP contribution >= 0.6 is 0 Å². The van der Waals surface area contributed by atoms with Crippen molar-refractivity contribution >= 4 is 0 Å². The molecule has 14 fully saturated rings. The minimum absolute atomic E-state index is 0.0369. The third kappa shape index (κ3) is 22.9. The largest absolute Gasteiger partial charge is 0.394 e. The first-order valence-electron chi connectivity index (χ1n) is 44.0. The van der Waals surface area contributed by atoms with Gasteiger partial charge < -0.3 is 269 Å². The highest BCUT2D eigenvalue weighted by atomic mass is 16.8. The van der Waals surface area contributed by atoms with Crippen molar-refractivity contribution < 1.29 is 167 Å². The van der Waals surface area contributed by atoms with Crippen LogP contribution in [0.5, 0.6) is 0 Å². The van der Waals surface area contributed by atoms with E-state index < -0.39 is 325 Å². The summed E-state index contributed by atoms with van der Waals surface area (Å²) in [6.07, 6.45) is -38.6. The van der Waals surface area contributed by atoms with E-state index >= 15 is 0 Å². The highest BCUT2D eigenvalue weighted by molar-refractivity contribution is 5.10. The second kappa shape index (κ2) is 44.6. The fraction of sp³-hybridized carbons (Fsp3) is 1.00. The van der Waals surface area contributed by atoms with Gasteiger partial charge in [0, 0.05) is 67.5 Å². The minimum Gasteiger partial charge on any atom is -0.394 e. The Morgan fingerprint density at radius 3 is 0.850 bits per heavy atom. The molecule has 52 heteroatoms. The van der Waals surface area contributed by atoms with Gasteiger partial charge in [-0.1, -0.05) is 0 Å². The number of hydrogen-bond acceptors (Lipinski definition) is 52. The van der Waals surface area contributed by atoms with Gasteiger partial charge in [-0.3, -0.25) is 0 Å². The number of hydrogen-bond donors (Lipinski definition) is 33. The van der Waals surface area contributed by atoms with Gasteiger partial charge >= 0.3 is 0 Å². The average Bonchev–Trinajstić information content (AvgIpc) is 1.73. The van der Waals surface area contributed by atoms with E-state index in [1.54, 1.807) is 0 Å². The van der Waals surface area contributed by atoms with Gasteiger partial charge in [-0.05, 0) is 84.6 Å². The summed E-state index contributed by atoms with van der Waals surface area (Å²) in [6.45, 7) is 0.497. The van der Waals surface area contributed by atoms with E-state index in [9.17, 15) is 76.6 Å². The van der Waals surface area contributed by atoms with Crippen molar-refractivity contribution in [2.24, 2.45) is 97.5 Å². The van der Waals surface area contributed by atoms with Crippen LogP contribution in [0.1, 0.15) is 77.6 Å². The zero-order chi connectivity index (χ0) is 92.6. The van der Waals surface area contributed by atoms with Crippen LogP contribution in [0.3, 0.4) is 0 Å². The third-order valence-electron chi connectivity index (χ3n) is 27.3. The molecule has 10 aliphatic heterocycles. The molecule has 50 N–H and O–H groups in total. The van der Waals surface area contributed by atoms with E-state index in [1.165, 1.54) is 0 Å². The van der Waals surface area contributed by atoms with Crippen molar-refractivity contribution in [3.05, 3.63) is 0 Å². The van der Waals surface area contributed by atoms with Crippen LogP contribution in [0.15, 0.2) is 0 Å². The van der Waals surface area contributed by atoms with E-state index in [4.69, 9.17) is 187 Å². The molecule has 0 radical (unpaired) electrons.